The van der Waals surface area contributed by atoms with E-state index in [1.165, 1.54) is 49.8 Å². The van der Waals surface area contributed by atoms with Crippen LogP contribution in [-0.2, 0) is 20.8 Å². The molecule has 3 heterocycles. The van der Waals surface area contributed by atoms with Gasteiger partial charge in [0.05, 0.1) is 42.2 Å². The molecule has 2 aromatic heterocycles. The van der Waals surface area contributed by atoms with Gasteiger partial charge in [-0.15, -0.1) is 0 Å². The molecular weight excluding hydrogens is 613 g/mol. The monoisotopic (exact) mass is 643 g/mol. The predicted molar refractivity (Wildman–Crippen MR) is 148 cm³/mol. The zero-order chi connectivity index (χ0) is 32.1. The lowest BCUT2D eigenvalue weighted by atomic mass is 9.87. The number of ether oxygens (including phenoxy) is 1. The first kappa shape index (κ1) is 33.1. The molecule has 1 amide bonds. The topological polar surface area (TPSA) is 135 Å². The van der Waals surface area contributed by atoms with Gasteiger partial charge in [0.15, 0.2) is 0 Å². The van der Waals surface area contributed by atoms with Crippen LogP contribution in [0.25, 0.3) is 0 Å². The van der Waals surface area contributed by atoms with Crippen molar-refractivity contribution in [3.63, 3.8) is 0 Å². The highest BCUT2D eigenvalue weighted by Crippen LogP contribution is 2.35. The molecule has 4 rings (SSSR count). The summed E-state index contributed by atoms with van der Waals surface area (Å²) in [6.07, 6.45) is 0.115. The van der Waals surface area contributed by atoms with Crippen molar-refractivity contribution in [2.24, 2.45) is 0 Å². The van der Waals surface area contributed by atoms with Gasteiger partial charge >= 0.3 is 12.8 Å². The third-order valence-electron chi connectivity index (χ3n) is 7.33. The summed E-state index contributed by atoms with van der Waals surface area (Å²) in [5, 5.41) is 12.1. The first-order chi connectivity index (χ1) is 20.8. The fourth-order valence-corrected chi connectivity index (χ4v) is 5.53. The molecule has 1 aromatic carbocycles. The molecule has 1 aliphatic rings. The van der Waals surface area contributed by atoms with Crippen LogP contribution >= 0.6 is 0 Å². The minimum absolute atomic E-state index is 0.106. The van der Waals surface area contributed by atoms with Crippen molar-refractivity contribution in [2.45, 2.75) is 55.7 Å². The van der Waals surface area contributed by atoms with Crippen LogP contribution in [0.5, 0.6) is 0 Å². The number of carbonyl (C=O) groups is 1. The quantitative estimate of drug-likeness (QED) is 0.234. The summed E-state index contributed by atoms with van der Waals surface area (Å²) < 4.78 is 93.2. The van der Waals surface area contributed by atoms with Gasteiger partial charge in [0.2, 0.25) is 15.0 Å². The summed E-state index contributed by atoms with van der Waals surface area (Å²) in [4.78, 5) is 26.7. The summed E-state index contributed by atoms with van der Waals surface area (Å²) in [6.45, 7) is -2.12. The average Bonchev–Trinajstić information content (AvgIpc) is 3.02. The first-order valence-corrected chi connectivity index (χ1v) is 15.2. The number of benzene rings is 1. The number of carbonyl (C=O) groups excluding carboxylic acids is 1. The number of halogens is 5. The molecule has 1 unspecified atom stereocenters. The fourth-order valence-electron chi connectivity index (χ4n) is 4.84. The number of aromatic nitrogens is 3. The van der Waals surface area contributed by atoms with Gasteiger partial charge in [-0.25, -0.2) is 23.4 Å². The van der Waals surface area contributed by atoms with E-state index in [0.29, 0.717) is 24.2 Å². The van der Waals surface area contributed by atoms with Crippen LogP contribution < -0.4 is 10.2 Å². The number of rotatable bonds is 11. The van der Waals surface area contributed by atoms with Crippen LogP contribution in [0.2, 0.25) is 0 Å². The molecule has 0 aliphatic carbocycles. The molecule has 238 valence electrons. The average molecular weight is 644 g/mol. The largest absolute Gasteiger partial charge is 0.416 e. The molecular formula is C28H30F5N5O5S. The summed E-state index contributed by atoms with van der Waals surface area (Å²) in [5.74, 6) is -0.674. The number of aliphatic hydroxyl groups is 1. The van der Waals surface area contributed by atoms with Crippen LogP contribution in [0.1, 0.15) is 58.8 Å². The van der Waals surface area contributed by atoms with E-state index in [4.69, 9.17) is 0 Å². The molecule has 0 radical (unpaired) electrons. The third kappa shape index (κ3) is 8.04. The Morgan fingerprint density at radius 1 is 1.07 bits per heavy atom. The van der Waals surface area contributed by atoms with Crippen molar-refractivity contribution < 1.29 is 45.0 Å². The summed E-state index contributed by atoms with van der Waals surface area (Å²) in [7, 11) is -3.64. The van der Waals surface area contributed by atoms with Crippen molar-refractivity contribution in [3.05, 3.63) is 77.2 Å². The Bertz CT molecular complexity index is 1510. The second-order valence-corrected chi connectivity index (χ2v) is 12.3. The Morgan fingerprint density at radius 3 is 2.30 bits per heavy atom. The van der Waals surface area contributed by atoms with E-state index >= 15 is 0 Å². The van der Waals surface area contributed by atoms with Crippen molar-refractivity contribution in [1.82, 2.24) is 20.3 Å². The number of piperidine rings is 1. The Labute approximate surface area is 250 Å². The second kappa shape index (κ2) is 13.9. The van der Waals surface area contributed by atoms with E-state index in [1.807, 2.05) is 0 Å². The molecule has 1 aliphatic heterocycles. The number of pyridine rings is 1. The van der Waals surface area contributed by atoms with Gasteiger partial charge in [0, 0.05) is 36.6 Å². The minimum atomic E-state index is -4.47. The van der Waals surface area contributed by atoms with Crippen LogP contribution in [-0.4, -0.2) is 72.5 Å². The molecule has 1 saturated heterocycles. The van der Waals surface area contributed by atoms with Crippen molar-refractivity contribution in [1.29, 1.82) is 0 Å². The van der Waals surface area contributed by atoms with Gasteiger partial charge < -0.3 is 20.1 Å². The molecule has 2 N–H and O–H groups in total. The molecule has 16 heteroatoms. The number of hydrogen-bond acceptors (Lipinski definition) is 9. The molecule has 44 heavy (non-hydrogen) atoms. The van der Waals surface area contributed by atoms with Crippen LogP contribution in [0.4, 0.5) is 27.8 Å². The highest BCUT2D eigenvalue weighted by molar-refractivity contribution is 7.91. The van der Waals surface area contributed by atoms with Gasteiger partial charge in [-0.2, -0.15) is 22.0 Å². The Hall–Kier alpha value is -3.76. The second-order valence-electron chi connectivity index (χ2n) is 10.1. The zero-order valence-electron chi connectivity index (χ0n) is 23.4. The van der Waals surface area contributed by atoms with E-state index in [-0.39, 0.29) is 41.1 Å². The summed E-state index contributed by atoms with van der Waals surface area (Å²) >= 11 is 0. The maximum absolute atomic E-state index is 13.0. The number of aliphatic hydroxyl groups excluding tert-OH is 1. The maximum atomic E-state index is 13.0. The number of hydrogen-bond donors (Lipinski definition) is 2. The number of sulfone groups is 1. The number of anilines is 1. The smallest absolute Gasteiger partial charge is 0.394 e. The van der Waals surface area contributed by atoms with Gasteiger partial charge in [0.25, 0.3) is 5.91 Å². The maximum Gasteiger partial charge on any atom is 0.416 e. The Morgan fingerprint density at radius 2 is 1.75 bits per heavy atom. The Kier molecular flexibility index (Phi) is 10.5. The van der Waals surface area contributed by atoms with Crippen LogP contribution in [0.15, 0.2) is 60.1 Å². The van der Waals surface area contributed by atoms with Crippen molar-refractivity contribution in [3.8, 4) is 0 Å². The van der Waals surface area contributed by atoms with Gasteiger partial charge in [-0.05, 0) is 42.7 Å². The molecule has 1 fully saturated rings. The lowest BCUT2D eigenvalue weighted by molar-refractivity contribution is -0.137. The molecule has 0 saturated carbocycles. The van der Waals surface area contributed by atoms with E-state index in [2.05, 4.69) is 25.0 Å². The highest BCUT2D eigenvalue weighted by Gasteiger charge is 2.33. The normalized spacial score (nSPS) is 18.3. The van der Waals surface area contributed by atoms with E-state index < -0.39 is 52.8 Å². The zero-order valence-corrected chi connectivity index (χ0v) is 24.2. The van der Waals surface area contributed by atoms with E-state index in [1.54, 1.807) is 4.90 Å². The molecule has 3 atom stereocenters. The van der Waals surface area contributed by atoms with Gasteiger partial charge in [-0.3, -0.25) is 4.79 Å². The van der Waals surface area contributed by atoms with Crippen LogP contribution in [0.3, 0.4) is 0 Å². The predicted octanol–water partition coefficient (Wildman–Crippen LogP) is 4.14. The van der Waals surface area contributed by atoms with Crippen molar-refractivity contribution >= 4 is 21.6 Å². The number of amides is 1. The standard InChI is InChI=1S/C28H30F5N5O5S/c1-2-44(41,42)27-35-12-20(13-36-27)23(15-39)37-25(40)18-6-10-24(34-11-18)38-14-19(5-9-22(38)16-43-26(29)30)17-3-7-21(8-4-17)28(31,32)33/h3-4,6-8,10-13,19,22-23,26,39H,2,5,9,14-16H2,1H3,(H,37,40)/t19?,22-,23-/m0/s1. The molecule has 0 bridgehead atoms. The number of nitrogens with one attached hydrogen (secondary N) is 1. The summed E-state index contributed by atoms with van der Waals surface area (Å²) in [6, 6.07) is 6.33. The SMILES string of the molecule is CCS(=O)(=O)c1ncc([C@H](CO)NC(=O)c2ccc(N3CC(c4ccc(C(F)(F)F)cc4)CC[C@H]3COC(F)F)nc2)cn1. The first-order valence-electron chi connectivity index (χ1n) is 13.6. The lowest BCUT2D eigenvalue weighted by Crippen LogP contribution is -2.46. The number of nitrogens with zero attached hydrogens (tertiary/aromatic N) is 4. The third-order valence-corrected chi connectivity index (χ3v) is 8.86. The molecule has 0 spiro atoms. The Balaban J connectivity index is 1.49. The molecule has 3 aromatic rings. The van der Waals surface area contributed by atoms with E-state index in [9.17, 15) is 40.3 Å². The molecule has 10 nitrogen and oxygen atoms in total. The fraction of sp³-hybridized carbons (Fsp3) is 0.429. The van der Waals surface area contributed by atoms with Crippen LogP contribution in [0, 0.1) is 0 Å². The lowest BCUT2D eigenvalue weighted by Gasteiger charge is -2.40. The van der Waals surface area contributed by atoms with Crippen molar-refractivity contribution in [2.75, 3.05) is 30.4 Å². The summed E-state index contributed by atoms with van der Waals surface area (Å²) in [5.41, 5.74) is 0.261. The number of alkyl halides is 5. The minimum Gasteiger partial charge on any atom is -0.394 e. The highest BCUT2D eigenvalue weighted by atomic mass is 32.2. The van der Waals surface area contributed by atoms with E-state index in [0.717, 1.165) is 12.1 Å². The van der Waals surface area contributed by atoms with Gasteiger partial charge in [0.1, 0.15) is 5.82 Å². The van der Waals surface area contributed by atoms with Gasteiger partial charge in [-0.1, -0.05) is 19.1 Å².